The zero-order valence-corrected chi connectivity index (χ0v) is 14.2. The highest BCUT2D eigenvalue weighted by molar-refractivity contribution is 7.92. The lowest BCUT2D eigenvalue weighted by molar-refractivity contribution is 0.475. The number of phenolic OH excluding ortho intramolecular Hbond substituents is 1. The van der Waals surface area contributed by atoms with E-state index in [4.69, 9.17) is 5.73 Å². The molecule has 0 saturated heterocycles. The highest BCUT2D eigenvalue weighted by atomic mass is 35.5. The van der Waals surface area contributed by atoms with Gasteiger partial charge in [0.1, 0.15) is 5.75 Å². The third kappa shape index (κ3) is 6.90. The topological polar surface area (TPSA) is 92.4 Å². The number of sulfonamides is 1. The summed E-state index contributed by atoms with van der Waals surface area (Å²) in [6.45, 7) is 0. The molecule has 0 fully saturated rings. The van der Waals surface area contributed by atoms with E-state index < -0.39 is 16.1 Å². The number of aromatic hydroxyl groups is 1. The molecule has 0 spiro atoms. The largest absolute Gasteiger partial charge is 0.508 e. The first-order chi connectivity index (χ1) is 10.4. The molecule has 4 N–H and O–H groups in total. The van der Waals surface area contributed by atoms with Gasteiger partial charge in [-0.3, -0.25) is 4.72 Å². The van der Waals surface area contributed by atoms with Crippen molar-refractivity contribution < 1.29 is 13.5 Å². The van der Waals surface area contributed by atoms with Crippen molar-refractivity contribution in [1.82, 2.24) is 0 Å². The highest BCUT2D eigenvalue weighted by Crippen LogP contribution is 2.15. The number of hydrogen-bond donors (Lipinski definition) is 3. The lowest BCUT2D eigenvalue weighted by Gasteiger charge is -2.13. The number of nitrogens with two attached hydrogens (primary N) is 1. The molecule has 5 nitrogen and oxygen atoms in total. The summed E-state index contributed by atoms with van der Waals surface area (Å²) < 4.78 is 26.6. The standard InChI is InChI=1S/C16H20N2O3S.ClH/c17-14(7-6-13-4-2-1-3-5-13)12-22(20,21)18-15-8-10-16(19)11-9-15;/h1-5,8-11,14,18-19H,6-7,12,17H2;1H/t14-;/m0./s1. The van der Waals surface area contributed by atoms with Crippen LogP contribution in [0, 0.1) is 0 Å². The van der Waals surface area contributed by atoms with Gasteiger partial charge in [0.05, 0.1) is 5.75 Å². The SMILES string of the molecule is Cl.N[C@@H](CCc1ccccc1)CS(=O)(=O)Nc1ccc(O)cc1. The molecule has 2 aromatic carbocycles. The summed E-state index contributed by atoms with van der Waals surface area (Å²) in [5.74, 6) is -0.0525. The van der Waals surface area contributed by atoms with Gasteiger partial charge in [-0.2, -0.15) is 0 Å². The predicted octanol–water partition coefficient (Wildman–Crippen LogP) is 2.52. The molecule has 126 valence electrons. The van der Waals surface area contributed by atoms with Gasteiger partial charge >= 0.3 is 0 Å². The van der Waals surface area contributed by atoms with Gasteiger partial charge in [-0.05, 0) is 42.7 Å². The molecule has 7 heteroatoms. The van der Waals surface area contributed by atoms with Gasteiger partial charge in [-0.1, -0.05) is 30.3 Å². The first-order valence-electron chi connectivity index (χ1n) is 7.04. The van der Waals surface area contributed by atoms with Crippen LogP contribution in [0.4, 0.5) is 5.69 Å². The summed E-state index contributed by atoms with van der Waals surface area (Å²) in [6, 6.07) is 15.2. The number of anilines is 1. The van der Waals surface area contributed by atoms with Gasteiger partial charge in [0.15, 0.2) is 0 Å². The van der Waals surface area contributed by atoms with Crippen LogP contribution in [0.5, 0.6) is 5.75 Å². The molecule has 0 aliphatic heterocycles. The van der Waals surface area contributed by atoms with E-state index in [0.29, 0.717) is 12.1 Å². The van der Waals surface area contributed by atoms with Gasteiger partial charge in [-0.25, -0.2) is 8.42 Å². The Kier molecular flexibility index (Phi) is 7.35. The Bertz CT molecular complexity index is 691. The molecule has 0 aliphatic rings. The average Bonchev–Trinajstić information content (AvgIpc) is 2.48. The van der Waals surface area contributed by atoms with Crippen LogP contribution in [-0.4, -0.2) is 25.3 Å². The maximum absolute atomic E-state index is 12.1. The molecular formula is C16H21ClN2O3S. The molecule has 0 saturated carbocycles. The zero-order chi connectivity index (χ0) is 16.0. The molecule has 23 heavy (non-hydrogen) atoms. The minimum absolute atomic E-state index is 0. The number of halogens is 1. The van der Waals surface area contributed by atoms with E-state index in [1.165, 1.54) is 24.3 Å². The fourth-order valence-corrected chi connectivity index (χ4v) is 3.42. The number of nitrogens with one attached hydrogen (secondary N) is 1. The second-order valence-corrected chi connectivity index (χ2v) is 6.98. The summed E-state index contributed by atoms with van der Waals surface area (Å²) >= 11 is 0. The third-order valence-electron chi connectivity index (χ3n) is 3.22. The molecule has 2 rings (SSSR count). The van der Waals surface area contributed by atoms with Crippen LogP contribution in [-0.2, 0) is 16.4 Å². The van der Waals surface area contributed by atoms with Crippen LogP contribution in [0.1, 0.15) is 12.0 Å². The van der Waals surface area contributed by atoms with Crippen molar-refractivity contribution in [2.45, 2.75) is 18.9 Å². The average molecular weight is 357 g/mol. The number of phenols is 1. The van der Waals surface area contributed by atoms with E-state index in [-0.39, 0.29) is 23.9 Å². The summed E-state index contributed by atoms with van der Waals surface area (Å²) in [4.78, 5) is 0. The minimum atomic E-state index is -3.51. The Morgan fingerprint density at radius 2 is 1.65 bits per heavy atom. The lowest BCUT2D eigenvalue weighted by Crippen LogP contribution is -2.33. The number of rotatable bonds is 7. The normalized spacial score (nSPS) is 12.2. The van der Waals surface area contributed by atoms with Gasteiger partial charge in [-0.15, -0.1) is 12.4 Å². The van der Waals surface area contributed by atoms with Gasteiger partial charge in [0.25, 0.3) is 0 Å². The van der Waals surface area contributed by atoms with Gasteiger partial charge in [0.2, 0.25) is 10.0 Å². The van der Waals surface area contributed by atoms with E-state index in [1.807, 2.05) is 30.3 Å². The van der Waals surface area contributed by atoms with E-state index in [9.17, 15) is 13.5 Å². The predicted molar refractivity (Wildman–Crippen MR) is 95.5 cm³/mol. The molecule has 0 bridgehead atoms. The fourth-order valence-electron chi connectivity index (χ4n) is 2.11. The van der Waals surface area contributed by atoms with Crippen molar-refractivity contribution >= 4 is 28.1 Å². The van der Waals surface area contributed by atoms with Crippen LogP contribution in [0.3, 0.4) is 0 Å². The zero-order valence-electron chi connectivity index (χ0n) is 12.6. The molecule has 1 atom stereocenters. The molecule has 0 heterocycles. The van der Waals surface area contributed by atoms with E-state index in [1.54, 1.807) is 0 Å². The number of aryl methyl sites for hydroxylation is 1. The third-order valence-corrected chi connectivity index (χ3v) is 4.63. The Morgan fingerprint density at radius 3 is 2.26 bits per heavy atom. The Balaban J connectivity index is 0.00000264. The minimum Gasteiger partial charge on any atom is -0.508 e. The molecule has 0 aromatic heterocycles. The second kappa shape index (κ2) is 8.76. The molecule has 2 aromatic rings. The van der Waals surface area contributed by atoms with E-state index in [2.05, 4.69) is 4.72 Å². The number of benzene rings is 2. The summed E-state index contributed by atoms with van der Waals surface area (Å²) in [7, 11) is -3.51. The second-order valence-electron chi connectivity index (χ2n) is 5.21. The number of hydrogen-bond acceptors (Lipinski definition) is 4. The van der Waals surface area contributed by atoms with Crippen LogP contribution >= 0.6 is 12.4 Å². The van der Waals surface area contributed by atoms with Crippen molar-refractivity contribution in [1.29, 1.82) is 0 Å². The lowest BCUT2D eigenvalue weighted by atomic mass is 10.1. The first kappa shape index (κ1) is 19.3. The van der Waals surface area contributed by atoms with Crippen molar-refractivity contribution in [2.24, 2.45) is 5.73 Å². The van der Waals surface area contributed by atoms with Gasteiger partial charge < -0.3 is 10.8 Å². The van der Waals surface area contributed by atoms with Crippen LogP contribution in [0.15, 0.2) is 54.6 Å². The molecular weight excluding hydrogens is 336 g/mol. The summed E-state index contributed by atoms with van der Waals surface area (Å²) in [5.41, 5.74) is 7.48. The van der Waals surface area contributed by atoms with E-state index in [0.717, 1.165) is 12.0 Å². The van der Waals surface area contributed by atoms with Crippen LogP contribution in [0.25, 0.3) is 0 Å². The molecule has 0 aliphatic carbocycles. The Morgan fingerprint density at radius 1 is 1.04 bits per heavy atom. The summed E-state index contributed by atoms with van der Waals surface area (Å²) in [6.07, 6.45) is 1.34. The highest BCUT2D eigenvalue weighted by Gasteiger charge is 2.16. The fraction of sp³-hybridized carbons (Fsp3) is 0.250. The van der Waals surface area contributed by atoms with E-state index >= 15 is 0 Å². The monoisotopic (exact) mass is 356 g/mol. The van der Waals surface area contributed by atoms with Crippen molar-refractivity contribution in [3.05, 3.63) is 60.2 Å². The first-order valence-corrected chi connectivity index (χ1v) is 8.69. The van der Waals surface area contributed by atoms with Crippen molar-refractivity contribution in [2.75, 3.05) is 10.5 Å². The van der Waals surface area contributed by atoms with Crippen LogP contribution < -0.4 is 10.5 Å². The Hall–Kier alpha value is -1.76. The molecule has 0 radical (unpaired) electrons. The molecule has 0 amide bonds. The smallest absolute Gasteiger partial charge is 0.234 e. The Labute approximate surface area is 143 Å². The van der Waals surface area contributed by atoms with Crippen LogP contribution in [0.2, 0.25) is 0 Å². The maximum Gasteiger partial charge on any atom is 0.234 e. The quantitative estimate of drug-likeness (QED) is 0.664. The van der Waals surface area contributed by atoms with Crippen molar-refractivity contribution in [3.63, 3.8) is 0 Å². The van der Waals surface area contributed by atoms with Gasteiger partial charge in [0, 0.05) is 11.7 Å². The summed E-state index contributed by atoms with van der Waals surface area (Å²) in [5, 5.41) is 9.18. The maximum atomic E-state index is 12.1. The van der Waals surface area contributed by atoms with Crippen molar-refractivity contribution in [3.8, 4) is 5.75 Å². The molecule has 0 unspecified atom stereocenters.